The predicted molar refractivity (Wildman–Crippen MR) is 134 cm³/mol. The molecule has 0 radical (unpaired) electrons. The normalized spacial score (nSPS) is 19.1. The van der Waals surface area contributed by atoms with E-state index in [-0.39, 0.29) is 5.92 Å². The number of hydrogen-bond acceptors (Lipinski definition) is 6. The highest BCUT2D eigenvalue weighted by atomic mass is 32.1. The minimum Gasteiger partial charge on any atom is -0.368 e. The molecule has 0 bridgehead atoms. The lowest BCUT2D eigenvalue weighted by Gasteiger charge is -2.40. The van der Waals surface area contributed by atoms with Gasteiger partial charge in [0.25, 0.3) is 0 Å². The van der Waals surface area contributed by atoms with Gasteiger partial charge in [-0.05, 0) is 37.0 Å². The van der Waals surface area contributed by atoms with Crippen molar-refractivity contribution in [2.24, 2.45) is 5.92 Å². The van der Waals surface area contributed by atoms with Crippen LogP contribution in [-0.2, 0) is 11.2 Å². The van der Waals surface area contributed by atoms with E-state index < -0.39 is 0 Å². The van der Waals surface area contributed by atoms with Gasteiger partial charge in [-0.2, -0.15) is 4.37 Å². The number of amides is 1. The number of carbonyl (C=O) groups is 1. The van der Waals surface area contributed by atoms with Crippen LogP contribution in [0, 0.1) is 12.8 Å². The van der Waals surface area contributed by atoms with Crippen molar-refractivity contribution in [3.8, 4) is 0 Å². The summed E-state index contributed by atoms with van der Waals surface area (Å²) in [6, 6.07) is 18.8. The number of aryl methyl sites for hydroxylation is 1. The third-order valence-corrected chi connectivity index (χ3v) is 7.57. The van der Waals surface area contributed by atoms with Crippen molar-refractivity contribution >= 4 is 28.3 Å². The fraction of sp³-hybridized carbons (Fsp3) is 0.423. The number of hydrogen-bond donors (Lipinski definition) is 0. The Hall–Kier alpha value is -2.93. The molecule has 0 spiro atoms. The summed E-state index contributed by atoms with van der Waals surface area (Å²) >= 11 is 1.46. The standard InChI is InChI=1S/C26H31N5OS/c1-20-8-5-6-12-23(20)29-14-16-30(17-15-29)25(32)22-11-7-13-31(19-22)26-27-24(28-33-26)18-21-9-3-2-4-10-21/h2-6,8-10,12,22H,7,11,13-19H2,1H3. The average molecular weight is 462 g/mol. The molecule has 6 nitrogen and oxygen atoms in total. The molecule has 33 heavy (non-hydrogen) atoms. The van der Waals surface area contributed by atoms with Gasteiger partial charge in [0.05, 0.1) is 5.92 Å². The molecule has 1 amide bonds. The number of para-hydroxylation sites is 1. The topological polar surface area (TPSA) is 52.6 Å². The lowest BCUT2D eigenvalue weighted by molar-refractivity contribution is -0.136. The molecule has 1 atom stereocenters. The summed E-state index contributed by atoms with van der Waals surface area (Å²) < 4.78 is 4.58. The van der Waals surface area contributed by atoms with E-state index in [0.29, 0.717) is 5.91 Å². The second-order valence-electron chi connectivity index (χ2n) is 9.04. The van der Waals surface area contributed by atoms with Crippen LogP contribution in [0.3, 0.4) is 0 Å². The smallest absolute Gasteiger partial charge is 0.227 e. The van der Waals surface area contributed by atoms with Crippen LogP contribution in [0.25, 0.3) is 0 Å². The molecule has 172 valence electrons. The number of carbonyl (C=O) groups excluding carboxylic acids is 1. The molecule has 2 fully saturated rings. The summed E-state index contributed by atoms with van der Waals surface area (Å²) in [5.41, 5.74) is 3.80. The molecular formula is C26H31N5OS. The molecule has 5 rings (SSSR count). The predicted octanol–water partition coefficient (Wildman–Crippen LogP) is 4.00. The van der Waals surface area contributed by atoms with Gasteiger partial charge >= 0.3 is 0 Å². The highest BCUT2D eigenvalue weighted by Crippen LogP contribution is 2.27. The summed E-state index contributed by atoms with van der Waals surface area (Å²) in [7, 11) is 0. The first-order chi connectivity index (χ1) is 16.2. The van der Waals surface area contributed by atoms with Crippen LogP contribution in [0.4, 0.5) is 10.8 Å². The molecule has 3 heterocycles. The van der Waals surface area contributed by atoms with E-state index in [1.807, 2.05) is 18.2 Å². The number of nitrogens with zero attached hydrogens (tertiary/aromatic N) is 5. The van der Waals surface area contributed by atoms with Crippen LogP contribution in [0.2, 0.25) is 0 Å². The van der Waals surface area contributed by atoms with Gasteiger partial charge in [-0.15, -0.1) is 0 Å². The molecule has 7 heteroatoms. The van der Waals surface area contributed by atoms with Gasteiger partial charge in [0, 0.05) is 62.9 Å². The van der Waals surface area contributed by atoms with Crippen LogP contribution in [0.1, 0.15) is 29.8 Å². The van der Waals surface area contributed by atoms with E-state index in [9.17, 15) is 4.79 Å². The van der Waals surface area contributed by atoms with Crippen LogP contribution in [-0.4, -0.2) is 59.4 Å². The minimum absolute atomic E-state index is 0.0465. The summed E-state index contributed by atoms with van der Waals surface area (Å²) in [5, 5.41) is 0.947. The van der Waals surface area contributed by atoms with Crippen molar-refractivity contribution in [1.29, 1.82) is 0 Å². The number of rotatable bonds is 5. The van der Waals surface area contributed by atoms with Gasteiger partial charge in [0.2, 0.25) is 11.0 Å². The molecule has 2 aliphatic heterocycles. The molecule has 0 aliphatic carbocycles. The largest absolute Gasteiger partial charge is 0.368 e. The third-order valence-electron chi connectivity index (χ3n) is 6.75. The summed E-state index contributed by atoms with van der Waals surface area (Å²) in [6.45, 7) is 7.23. The van der Waals surface area contributed by atoms with Gasteiger partial charge in [-0.1, -0.05) is 48.5 Å². The maximum absolute atomic E-state index is 13.3. The van der Waals surface area contributed by atoms with Crippen LogP contribution in [0.5, 0.6) is 0 Å². The monoisotopic (exact) mass is 461 g/mol. The summed E-state index contributed by atoms with van der Waals surface area (Å²) in [6.07, 6.45) is 2.73. The van der Waals surface area contributed by atoms with Crippen LogP contribution >= 0.6 is 11.5 Å². The van der Waals surface area contributed by atoms with Crippen molar-refractivity contribution in [1.82, 2.24) is 14.3 Å². The number of benzene rings is 2. The quantitative estimate of drug-likeness (QED) is 0.575. The van der Waals surface area contributed by atoms with Gasteiger partial charge in [0.15, 0.2) is 0 Å². The van der Waals surface area contributed by atoms with E-state index in [0.717, 1.165) is 69.5 Å². The first-order valence-corrected chi connectivity index (χ1v) is 12.7. The lowest BCUT2D eigenvalue weighted by Crippen LogP contribution is -2.52. The Morgan fingerprint density at radius 2 is 1.73 bits per heavy atom. The lowest BCUT2D eigenvalue weighted by atomic mass is 9.96. The van der Waals surface area contributed by atoms with E-state index in [4.69, 9.17) is 4.98 Å². The van der Waals surface area contributed by atoms with Gasteiger partial charge in [-0.3, -0.25) is 4.79 Å². The molecule has 3 aromatic rings. The van der Waals surface area contributed by atoms with Gasteiger partial charge < -0.3 is 14.7 Å². The molecule has 0 saturated carbocycles. The Labute approximate surface area is 200 Å². The van der Waals surface area contributed by atoms with E-state index in [1.54, 1.807) is 0 Å². The van der Waals surface area contributed by atoms with E-state index in [2.05, 4.69) is 62.4 Å². The molecule has 1 unspecified atom stereocenters. The Kier molecular flexibility index (Phi) is 6.58. The molecular weight excluding hydrogens is 430 g/mol. The fourth-order valence-corrected chi connectivity index (χ4v) is 5.64. The van der Waals surface area contributed by atoms with Crippen LogP contribution < -0.4 is 9.80 Å². The molecule has 0 N–H and O–H groups in total. The zero-order valence-electron chi connectivity index (χ0n) is 19.2. The van der Waals surface area contributed by atoms with Gasteiger partial charge in [0.1, 0.15) is 5.82 Å². The zero-order chi connectivity index (χ0) is 22.6. The van der Waals surface area contributed by atoms with Crippen LogP contribution in [0.15, 0.2) is 54.6 Å². The second kappa shape index (κ2) is 9.91. The summed E-state index contributed by atoms with van der Waals surface area (Å²) in [5.74, 6) is 1.21. The Balaban J connectivity index is 1.17. The highest BCUT2D eigenvalue weighted by molar-refractivity contribution is 7.09. The average Bonchev–Trinajstić information content (AvgIpc) is 3.33. The van der Waals surface area contributed by atoms with Crippen molar-refractivity contribution in [3.05, 3.63) is 71.5 Å². The zero-order valence-corrected chi connectivity index (χ0v) is 20.0. The number of piperidine rings is 1. The summed E-state index contributed by atoms with van der Waals surface area (Å²) in [4.78, 5) is 24.9. The van der Waals surface area contributed by atoms with Crippen molar-refractivity contribution in [3.63, 3.8) is 0 Å². The second-order valence-corrected chi connectivity index (χ2v) is 9.77. The highest BCUT2D eigenvalue weighted by Gasteiger charge is 2.32. The van der Waals surface area contributed by atoms with E-state index in [1.165, 1.54) is 28.3 Å². The van der Waals surface area contributed by atoms with Gasteiger partial charge in [-0.25, -0.2) is 4.98 Å². The maximum atomic E-state index is 13.3. The fourth-order valence-electron chi connectivity index (χ4n) is 4.92. The maximum Gasteiger partial charge on any atom is 0.227 e. The Morgan fingerprint density at radius 1 is 0.970 bits per heavy atom. The molecule has 1 aromatic heterocycles. The minimum atomic E-state index is 0.0465. The number of piperazine rings is 1. The first kappa shape index (κ1) is 21.9. The molecule has 2 aromatic carbocycles. The number of anilines is 2. The van der Waals surface area contributed by atoms with Crippen molar-refractivity contribution < 1.29 is 4.79 Å². The first-order valence-electron chi connectivity index (χ1n) is 11.9. The molecule has 2 saturated heterocycles. The van der Waals surface area contributed by atoms with E-state index >= 15 is 0 Å². The van der Waals surface area contributed by atoms with Crippen molar-refractivity contribution in [2.45, 2.75) is 26.2 Å². The number of aromatic nitrogens is 2. The SMILES string of the molecule is Cc1ccccc1N1CCN(C(=O)C2CCCN(c3nc(Cc4ccccc4)ns3)C2)CC1. The Morgan fingerprint density at radius 3 is 2.52 bits per heavy atom. The van der Waals surface area contributed by atoms with Crippen molar-refractivity contribution in [2.75, 3.05) is 49.1 Å². The third kappa shape index (κ3) is 5.03. The molecule has 2 aliphatic rings. The Bertz CT molecular complexity index is 1080.